The van der Waals surface area contributed by atoms with Crippen molar-refractivity contribution >= 4 is 41.7 Å². The molecule has 0 spiro atoms. The highest BCUT2D eigenvalue weighted by atomic mass is 32.2. The molecular weight excluding hydrogens is 438 g/mol. The predicted octanol–water partition coefficient (Wildman–Crippen LogP) is 4.28. The summed E-state index contributed by atoms with van der Waals surface area (Å²) in [4.78, 5) is 12.3. The van der Waals surface area contributed by atoms with E-state index in [0.717, 1.165) is 47.6 Å². The Bertz CT molecular complexity index is 907. The lowest BCUT2D eigenvalue weighted by atomic mass is 9.96. The molecule has 3 atom stereocenters. The molecule has 1 aliphatic heterocycles. The maximum Gasteiger partial charge on any atom is 0.328 e. The summed E-state index contributed by atoms with van der Waals surface area (Å²) in [5, 5.41) is 10.8. The van der Waals surface area contributed by atoms with Gasteiger partial charge in [0.1, 0.15) is 6.04 Å². The van der Waals surface area contributed by atoms with Crippen LogP contribution < -0.4 is 16.0 Å². The van der Waals surface area contributed by atoms with Gasteiger partial charge in [0.05, 0.1) is 7.11 Å². The molecule has 0 amide bonds. The fourth-order valence-electron chi connectivity index (χ4n) is 3.88. The average molecular weight is 472 g/mol. The molecule has 2 unspecified atom stereocenters. The smallest absolute Gasteiger partial charge is 0.328 e. The molecule has 7 heteroatoms. The second-order valence-corrected chi connectivity index (χ2v) is 9.70. The van der Waals surface area contributed by atoms with Crippen LogP contribution in [0.2, 0.25) is 0 Å². The molecule has 1 saturated heterocycles. The molecule has 1 fully saturated rings. The number of thioether (sulfide) groups is 1. The van der Waals surface area contributed by atoms with Crippen LogP contribution in [0.4, 0.5) is 5.69 Å². The van der Waals surface area contributed by atoms with Crippen molar-refractivity contribution < 1.29 is 9.53 Å². The first kappa shape index (κ1) is 24.6. The van der Waals surface area contributed by atoms with Gasteiger partial charge in [-0.3, -0.25) is 0 Å². The van der Waals surface area contributed by atoms with Gasteiger partial charge in [-0.05, 0) is 48.1 Å². The van der Waals surface area contributed by atoms with Crippen molar-refractivity contribution in [3.05, 3.63) is 60.7 Å². The lowest BCUT2D eigenvalue weighted by molar-refractivity contribution is -0.142. The minimum Gasteiger partial charge on any atom is -0.467 e. The second kappa shape index (κ2) is 12.2. The van der Waals surface area contributed by atoms with Crippen LogP contribution in [0.5, 0.6) is 0 Å². The number of carbonyl (C=O) groups excluding carboxylic acids is 1. The molecule has 3 rings (SSSR count). The fraction of sp³-hybridized carbons (Fsp3) is 0.400. The van der Waals surface area contributed by atoms with E-state index in [1.165, 1.54) is 7.11 Å². The molecule has 0 radical (unpaired) electrons. The van der Waals surface area contributed by atoms with Gasteiger partial charge in [0.15, 0.2) is 0 Å². The maximum atomic E-state index is 12.3. The van der Waals surface area contributed by atoms with Crippen molar-refractivity contribution in [2.45, 2.75) is 30.2 Å². The van der Waals surface area contributed by atoms with E-state index in [-0.39, 0.29) is 5.97 Å². The molecule has 2 aromatic rings. The van der Waals surface area contributed by atoms with Gasteiger partial charge in [0.25, 0.3) is 0 Å². The van der Waals surface area contributed by atoms with E-state index < -0.39 is 6.04 Å². The van der Waals surface area contributed by atoms with E-state index >= 15 is 0 Å². The molecule has 32 heavy (non-hydrogen) atoms. The van der Waals surface area contributed by atoms with Crippen molar-refractivity contribution in [1.82, 2.24) is 10.6 Å². The van der Waals surface area contributed by atoms with Gasteiger partial charge < -0.3 is 20.7 Å². The van der Waals surface area contributed by atoms with Crippen LogP contribution in [0.3, 0.4) is 0 Å². The summed E-state index contributed by atoms with van der Waals surface area (Å²) in [5.41, 5.74) is 4.89. The first-order chi connectivity index (χ1) is 15.5. The molecule has 0 aromatic heterocycles. The summed E-state index contributed by atoms with van der Waals surface area (Å²) in [6.45, 7) is 6.06. The topological polar surface area (TPSA) is 62.4 Å². The van der Waals surface area contributed by atoms with E-state index in [4.69, 9.17) is 4.74 Å². The molecule has 1 aliphatic rings. The number of esters is 1. The number of hydrogen-bond donors (Lipinski definition) is 4. The zero-order chi connectivity index (χ0) is 22.9. The lowest BCUT2D eigenvalue weighted by Crippen LogP contribution is -2.37. The lowest BCUT2D eigenvalue weighted by Gasteiger charge is -2.22. The maximum absolute atomic E-state index is 12.3. The molecule has 1 heterocycles. The van der Waals surface area contributed by atoms with Crippen molar-refractivity contribution in [3.63, 3.8) is 0 Å². The Hall–Kier alpha value is -2.09. The Morgan fingerprint density at radius 1 is 1.31 bits per heavy atom. The molecule has 2 aromatic carbocycles. The first-order valence-electron chi connectivity index (χ1n) is 10.9. The average Bonchev–Trinajstić information content (AvgIpc) is 3.25. The normalized spacial score (nSPS) is 18.7. The summed E-state index contributed by atoms with van der Waals surface area (Å²) in [7, 11) is 1.42. The third-order valence-corrected chi connectivity index (χ3v) is 6.66. The van der Waals surface area contributed by atoms with Crippen LogP contribution in [0.1, 0.15) is 18.4 Å². The largest absolute Gasteiger partial charge is 0.467 e. The van der Waals surface area contributed by atoms with Crippen LogP contribution in [0.15, 0.2) is 55.1 Å². The van der Waals surface area contributed by atoms with Crippen LogP contribution >= 0.6 is 24.4 Å². The molecule has 3 N–H and O–H groups in total. The SMILES string of the molecule is C=C(NC(CCSC)C(=O)OC)c1ccc(NC[C@@H]2CC(S)CN2)cc1-c1ccccc1. The number of methoxy groups -OCH3 is 1. The number of anilines is 1. The monoisotopic (exact) mass is 471 g/mol. The van der Waals surface area contributed by atoms with E-state index in [0.29, 0.717) is 23.4 Å². The number of benzene rings is 2. The molecule has 0 saturated carbocycles. The summed E-state index contributed by atoms with van der Waals surface area (Å²) >= 11 is 6.26. The van der Waals surface area contributed by atoms with Gasteiger partial charge in [0, 0.05) is 41.3 Å². The Morgan fingerprint density at radius 2 is 2.09 bits per heavy atom. The second-order valence-electron chi connectivity index (χ2n) is 7.98. The molecular formula is C25H33N3O2S2. The van der Waals surface area contributed by atoms with Gasteiger partial charge >= 0.3 is 5.97 Å². The summed E-state index contributed by atoms with van der Waals surface area (Å²) in [6.07, 6.45) is 3.76. The number of carbonyl (C=O) groups is 1. The number of hydrogen-bond acceptors (Lipinski definition) is 7. The van der Waals surface area contributed by atoms with Crippen molar-refractivity contribution in [2.75, 3.05) is 37.5 Å². The fourth-order valence-corrected chi connectivity index (χ4v) is 4.71. The minimum absolute atomic E-state index is 0.272. The van der Waals surface area contributed by atoms with E-state index in [1.54, 1.807) is 11.8 Å². The van der Waals surface area contributed by atoms with Crippen LogP contribution in [0.25, 0.3) is 16.8 Å². The van der Waals surface area contributed by atoms with E-state index in [1.807, 2.05) is 24.5 Å². The van der Waals surface area contributed by atoms with Crippen LogP contribution in [0, 0.1) is 0 Å². The first-order valence-corrected chi connectivity index (χ1v) is 12.8. The Balaban J connectivity index is 1.82. The Labute approximate surface area is 201 Å². The third kappa shape index (κ3) is 6.70. The number of rotatable bonds is 11. The van der Waals surface area contributed by atoms with E-state index in [2.05, 4.69) is 65.5 Å². The molecule has 172 valence electrons. The van der Waals surface area contributed by atoms with Crippen molar-refractivity contribution in [2.24, 2.45) is 0 Å². The highest BCUT2D eigenvalue weighted by Crippen LogP contribution is 2.31. The highest BCUT2D eigenvalue weighted by molar-refractivity contribution is 7.98. The predicted molar refractivity (Wildman–Crippen MR) is 141 cm³/mol. The number of thiol groups is 1. The zero-order valence-corrected chi connectivity index (χ0v) is 20.5. The Morgan fingerprint density at radius 3 is 2.75 bits per heavy atom. The van der Waals surface area contributed by atoms with E-state index in [9.17, 15) is 4.79 Å². The minimum atomic E-state index is -0.427. The highest BCUT2D eigenvalue weighted by Gasteiger charge is 2.22. The Kier molecular flexibility index (Phi) is 9.38. The number of nitrogens with one attached hydrogen (secondary N) is 3. The third-order valence-electron chi connectivity index (χ3n) is 5.63. The van der Waals surface area contributed by atoms with Gasteiger partial charge in [-0.25, -0.2) is 4.79 Å². The quantitative estimate of drug-likeness (QED) is 0.290. The summed E-state index contributed by atoms with van der Waals surface area (Å²) in [6, 6.07) is 16.5. The van der Waals surface area contributed by atoms with Gasteiger partial charge in [-0.15, -0.1) is 0 Å². The zero-order valence-electron chi connectivity index (χ0n) is 18.8. The molecule has 0 bridgehead atoms. The number of ether oxygens (including phenoxy) is 1. The molecule has 0 aliphatic carbocycles. The van der Waals surface area contributed by atoms with Crippen molar-refractivity contribution in [1.29, 1.82) is 0 Å². The summed E-state index contributed by atoms with van der Waals surface area (Å²) in [5.74, 6) is 0.586. The van der Waals surface area contributed by atoms with Crippen molar-refractivity contribution in [3.8, 4) is 11.1 Å². The van der Waals surface area contributed by atoms with Gasteiger partial charge in [-0.2, -0.15) is 24.4 Å². The van der Waals surface area contributed by atoms with Gasteiger partial charge in [-0.1, -0.05) is 43.0 Å². The standard InChI is InChI=1S/C25H33N3O2S2/c1-17(28-24(11-12-32-3)25(29)30-2)22-10-9-19(26-15-20-13-21(31)16-27-20)14-23(22)18-7-5-4-6-8-18/h4-10,14,20-21,24,26-28,31H,1,11-13,15-16H2,2-3H3/t20-,21?,24?/m0/s1. The summed E-state index contributed by atoms with van der Waals surface area (Å²) < 4.78 is 5.00. The molecule has 5 nitrogen and oxygen atoms in total. The van der Waals surface area contributed by atoms with Crippen LogP contribution in [-0.2, 0) is 9.53 Å². The van der Waals surface area contributed by atoms with Gasteiger partial charge in [0.2, 0.25) is 0 Å². The van der Waals surface area contributed by atoms with Crippen LogP contribution in [-0.4, -0.2) is 55.5 Å².